The Morgan fingerprint density at radius 2 is 2.00 bits per heavy atom. The number of hydrogen-bond acceptors (Lipinski definition) is 6. The van der Waals surface area contributed by atoms with Gasteiger partial charge in [0.2, 0.25) is 0 Å². The Bertz CT molecular complexity index is 1520. The van der Waals surface area contributed by atoms with E-state index in [1.807, 2.05) is 20.2 Å². The molecule has 210 valence electrons. The monoisotopic (exact) mass is 570 g/mol. The minimum absolute atomic E-state index is 0.258. The highest BCUT2D eigenvalue weighted by Gasteiger charge is 2.35. The Balaban J connectivity index is 1.43. The number of aryl methyl sites for hydroxylation is 1. The molecule has 2 atom stereocenters. The normalized spacial score (nSPS) is 17.4. The van der Waals surface area contributed by atoms with Crippen LogP contribution < -0.4 is 10.6 Å². The summed E-state index contributed by atoms with van der Waals surface area (Å²) in [6.07, 6.45) is 6.63. The van der Waals surface area contributed by atoms with Gasteiger partial charge in [0.15, 0.2) is 11.6 Å². The molecular weight excluding hydrogens is 542 g/mol. The minimum atomic E-state index is -0.923. The Hall–Kier alpha value is -3.87. The zero-order chi connectivity index (χ0) is 28.4. The number of rotatable bonds is 8. The number of nitrogens with zero attached hydrogens (tertiary/aromatic N) is 6. The van der Waals surface area contributed by atoms with Crippen LogP contribution in [-0.2, 0) is 11.8 Å². The molecule has 2 amide bonds. The molecule has 4 aromatic rings. The lowest BCUT2D eigenvalue weighted by molar-refractivity contribution is 0.159. The van der Waals surface area contributed by atoms with Crippen LogP contribution >= 0.6 is 11.6 Å². The van der Waals surface area contributed by atoms with Gasteiger partial charge < -0.3 is 10.1 Å². The highest BCUT2D eigenvalue weighted by Crippen LogP contribution is 2.32. The highest BCUT2D eigenvalue weighted by atomic mass is 35.5. The fourth-order valence-electron chi connectivity index (χ4n) is 4.99. The zero-order valence-electron chi connectivity index (χ0n) is 22.2. The predicted octanol–water partition coefficient (Wildman–Crippen LogP) is 4.14. The van der Waals surface area contributed by atoms with Crippen molar-refractivity contribution in [1.29, 1.82) is 0 Å². The van der Waals surface area contributed by atoms with E-state index in [1.165, 1.54) is 12.3 Å². The van der Waals surface area contributed by atoms with Gasteiger partial charge in [-0.25, -0.2) is 18.3 Å². The summed E-state index contributed by atoms with van der Waals surface area (Å²) in [5.41, 5.74) is 3.30. The summed E-state index contributed by atoms with van der Waals surface area (Å²) in [4.78, 5) is 19.7. The first-order chi connectivity index (χ1) is 19.2. The highest BCUT2D eigenvalue weighted by molar-refractivity contribution is 6.30. The first-order valence-electron chi connectivity index (χ1n) is 12.7. The minimum Gasteiger partial charge on any atom is -0.383 e. The maximum absolute atomic E-state index is 14.1. The number of carbonyl (C=O) groups excluding carboxylic acids is 1. The molecule has 0 unspecified atom stereocenters. The fourth-order valence-corrected chi connectivity index (χ4v) is 5.16. The molecule has 1 aromatic carbocycles. The molecular formula is C27H29ClF2N8O2. The first-order valence-corrected chi connectivity index (χ1v) is 13.0. The van der Waals surface area contributed by atoms with Crippen molar-refractivity contribution in [3.05, 3.63) is 76.8 Å². The van der Waals surface area contributed by atoms with Crippen molar-refractivity contribution in [2.24, 2.45) is 7.05 Å². The number of pyridine rings is 1. The third kappa shape index (κ3) is 5.83. The second kappa shape index (κ2) is 11.7. The molecule has 1 aliphatic heterocycles. The number of carbonyl (C=O) groups is 1. The number of anilines is 1. The number of nitrogens with one attached hydrogen (secondary N) is 2. The zero-order valence-corrected chi connectivity index (χ0v) is 23.0. The summed E-state index contributed by atoms with van der Waals surface area (Å²) >= 11 is 6.20. The second-order valence-corrected chi connectivity index (χ2v) is 10.2. The summed E-state index contributed by atoms with van der Waals surface area (Å²) in [6.45, 7) is 4.06. The SMILES string of the molecule is COCCN1C[C@@H](NC(=O)Nc2c(C)c(-c3cnn(C)c3)nn2-c2cncc(Cl)c2)[C@H](c2ccc(F)c(F)c2)C1. The summed E-state index contributed by atoms with van der Waals surface area (Å²) in [6, 6.07) is 4.72. The van der Waals surface area contributed by atoms with E-state index in [4.69, 9.17) is 21.4 Å². The van der Waals surface area contributed by atoms with Crippen LogP contribution in [0.2, 0.25) is 5.02 Å². The molecule has 0 bridgehead atoms. The number of methoxy groups -OCH3 is 1. The van der Waals surface area contributed by atoms with Gasteiger partial charge in [-0.3, -0.25) is 19.9 Å². The quantitative estimate of drug-likeness (QED) is 0.330. The van der Waals surface area contributed by atoms with Gasteiger partial charge >= 0.3 is 6.03 Å². The standard InChI is InChI=1S/C27H29ClF2N8O2/c1-16-25(18-10-32-36(2)13-18)35-38(20-9-19(28)11-31-12-20)26(16)34-27(39)33-24-15-37(6-7-40-3)14-21(24)17-4-5-22(29)23(30)8-17/h4-5,8-13,21,24H,6-7,14-15H2,1-3H3,(H2,33,34,39)/t21-,24+/m0/s1. The number of urea groups is 1. The van der Waals surface area contributed by atoms with Crippen LogP contribution in [0.25, 0.3) is 16.9 Å². The molecule has 40 heavy (non-hydrogen) atoms. The van der Waals surface area contributed by atoms with Crippen LogP contribution in [0, 0.1) is 18.6 Å². The van der Waals surface area contributed by atoms with Gasteiger partial charge in [0.25, 0.3) is 0 Å². The first kappa shape index (κ1) is 27.7. The third-order valence-corrected chi connectivity index (χ3v) is 7.17. The van der Waals surface area contributed by atoms with Gasteiger partial charge in [-0.2, -0.15) is 10.2 Å². The van der Waals surface area contributed by atoms with E-state index >= 15 is 0 Å². The number of amides is 2. The van der Waals surface area contributed by atoms with Gasteiger partial charge in [-0.1, -0.05) is 17.7 Å². The molecule has 1 aliphatic rings. The Morgan fingerprint density at radius 1 is 1.18 bits per heavy atom. The molecule has 1 saturated heterocycles. The molecule has 0 aliphatic carbocycles. The number of likely N-dealkylation sites (tertiary alicyclic amines) is 1. The van der Waals surface area contributed by atoms with Crippen LogP contribution in [0.5, 0.6) is 0 Å². The molecule has 0 saturated carbocycles. The molecule has 10 nitrogen and oxygen atoms in total. The largest absolute Gasteiger partial charge is 0.383 e. The van der Waals surface area contributed by atoms with Gasteiger partial charge in [0.1, 0.15) is 11.5 Å². The second-order valence-electron chi connectivity index (χ2n) is 9.74. The van der Waals surface area contributed by atoms with Crippen LogP contribution in [-0.4, -0.2) is 74.9 Å². The summed E-state index contributed by atoms with van der Waals surface area (Å²) in [5, 5.41) is 15.4. The molecule has 2 N–H and O–H groups in total. The predicted molar refractivity (Wildman–Crippen MR) is 147 cm³/mol. The molecule has 4 heterocycles. The molecule has 5 rings (SSSR count). The Morgan fingerprint density at radius 3 is 2.70 bits per heavy atom. The third-order valence-electron chi connectivity index (χ3n) is 6.96. The van der Waals surface area contributed by atoms with E-state index in [1.54, 1.807) is 41.0 Å². The van der Waals surface area contributed by atoms with Crippen molar-refractivity contribution in [2.45, 2.75) is 18.9 Å². The average molecular weight is 571 g/mol. The maximum Gasteiger partial charge on any atom is 0.320 e. The molecule has 0 spiro atoms. The van der Waals surface area contributed by atoms with Crippen molar-refractivity contribution in [3.63, 3.8) is 0 Å². The van der Waals surface area contributed by atoms with Crippen LogP contribution in [0.3, 0.4) is 0 Å². The number of aromatic nitrogens is 5. The lowest BCUT2D eigenvalue weighted by Crippen LogP contribution is -2.42. The number of halogens is 3. The van der Waals surface area contributed by atoms with E-state index in [0.29, 0.717) is 59.6 Å². The van der Waals surface area contributed by atoms with Gasteiger partial charge in [0.05, 0.1) is 35.8 Å². The van der Waals surface area contributed by atoms with E-state index in [0.717, 1.165) is 11.6 Å². The van der Waals surface area contributed by atoms with Crippen LogP contribution in [0.1, 0.15) is 17.0 Å². The number of benzene rings is 1. The van der Waals surface area contributed by atoms with Crippen LogP contribution in [0.15, 0.2) is 49.1 Å². The topological polar surface area (TPSA) is 102 Å². The Kier molecular flexibility index (Phi) is 8.10. The summed E-state index contributed by atoms with van der Waals surface area (Å²) in [5.74, 6) is -1.66. The van der Waals surface area contributed by atoms with Crippen molar-refractivity contribution in [2.75, 3.05) is 38.7 Å². The lowest BCUT2D eigenvalue weighted by Gasteiger charge is -2.21. The maximum atomic E-state index is 14.1. The number of hydrogen-bond donors (Lipinski definition) is 2. The van der Waals surface area contributed by atoms with Crippen LogP contribution in [0.4, 0.5) is 19.4 Å². The Labute approximate surface area is 234 Å². The summed E-state index contributed by atoms with van der Waals surface area (Å²) in [7, 11) is 3.43. The van der Waals surface area contributed by atoms with Crippen molar-refractivity contribution >= 4 is 23.4 Å². The lowest BCUT2D eigenvalue weighted by atomic mass is 9.94. The van der Waals surface area contributed by atoms with Crippen molar-refractivity contribution in [3.8, 4) is 16.9 Å². The van der Waals surface area contributed by atoms with Gasteiger partial charge in [-0.05, 0) is 30.7 Å². The fraction of sp³-hybridized carbons (Fsp3) is 0.333. The van der Waals surface area contributed by atoms with Crippen molar-refractivity contribution in [1.82, 2.24) is 34.8 Å². The molecule has 1 fully saturated rings. The number of ether oxygens (including phenoxy) is 1. The molecule has 13 heteroatoms. The van der Waals surface area contributed by atoms with E-state index < -0.39 is 17.7 Å². The summed E-state index contributed by atoms with van der Waals surface area (Å²) < 4.78 is 36.2. The van der Waals surface area contributed by atoms with E-state index in [9.17, 15) is 13.6 Å². The van der Waals surface area contributed by atoms with Gasteiger partial charge in [-0.15, -0.1) is 0 Å². The van der Waals surface area contributed by atoms with E-state index in [-0.39, 0.29) is 12.0 Å². The molecule has 3 aromatic heterocycles. The smallest absolute Gasteiger partial charge is 0.320 e. The van der Waals surface area contributed by atoms with E-state index in [2.05, 4.69) is 25.6 Å². The van der Waals surface area contributed by atoms with Gasteiger partial charge in [0, 0.05) is 63.2 Å². The average Bonchev–Trinajstić information content (AvgIpc) is 3.62. The van der Waals surface area contributed by atoms with Crippen molar-refractivity contribution < 1.29 is 18.3 Å². The molecule has 0 radical (unpaired) electrons.